The van der Waals surface area contributed by atoms with Crippen LogP contribution in [0.1, 0.15) is 12.8 Å². The lowest BCUT2D eigenvalue weighted by molar-refractivity contribution is 0.112. The molecule has 1 aromatic rings. The van der Waals surface area contributed by atoms with Gasteiger partial charge in [-0.15, -0.1) is 0 Å². The molecule has 1 unspecified atom stereocenters. The Morgan fingerprint density at radius 2 is 2.00 bits per heavy atom. The molecule has 0 aliphatic carbocycles. The summed E-state index contributed by atoms with van der Waals surface area (Å²) < 4.78 is 15.7. The highest BCUT2D eigenvalue weighted by Crippen LogP contribution is 2.25. The fraction of sp³-hybridized carbons (Fsp3) is 0.500. The van der Waals surface area contributed by atoms with Gasteiger partial charge in [0.15, 0.2) is 0 Å². The molecule has 1 aliphatic rings. The van der Waals surface area contributed by atoms with Gasteiger partial charge in [-0.05, 0) is 12.8 Å². The van der Waals surface area contributed by atoms with Crippen LogP contribution in [-0.2, 0) is 4.74 Å². The van der Waals surface area contributed by atoms with E-state index in [0.29, 0.717) is 23.7 Å². The Morgan fingerprint density at radius 1 is 1.30 bits per heavy atom. The lowest BCUT2D eigenvalue weighted by atomic mass is 10.2. The van der Waals surface area contributed by atoms with E-state index in [9.17, 15) is 4.79 Å². The van der Waals surface area contributed by atoms with Crippen LogP contribution in [0.5, 0.6) is 11.5 Å². The Balaban J connectivity index is 1.89. The Morgan fingerprint density at radius 3 is 2.55 bits per heavy atom. The van der Waals surface area contributed by atoms with Crippen molar-refractivity contribution in [2.24, 2.45) is 0 Å². The summed E-state index contributed by atoms with van der Waals surface area (Å²) in [4.78, 5) is 11.8. The van der Waals surface area contributed by atoms with Crippen LogP contribution in [0.3, 0.4) is 0 Å². The molecule has 0 aromatic heterocycles. The van der Waals surface area contributed by atoms with Gasteiger partial charge in [0, 0.05) is 37.0 Å². The molecule has 2 amide bonds. The minimum Gasteiger partial charge on any atom is -0.497 e. The molecule has 1 fully saturated rings. The number of ether oxygens (including phenoxy) is 3. The minimum absolute atomic E-state index is 0.126. The molecule has 0 bridgehead atoms. The highest BCUT2D eigenvalue weighted by molar-refractivity contribution is 5.89. The van der Waals surface area contributed by atoms with Crippen LogP contribution in [0, 0.1) is 0 Å². The summed E-state index contributed by atoms with van der Waals surface area (Å²) in [5.41, 5.74) is 0.617. The zero-order valence-corrected chi connectivity index (χ0v) is 11.8. The van der Waals surface area contributed by atoms with E-state index in [1.54, 1.807) is 32.4 Å². The number of carbonyl (C=O) groups is 1. The van der Waals surface area contributed by atoms with E-state index in [-0.39, 0.29) is 12.1 Å². The summed E-state index contributed by atoms with van der Waals surface area (Å²) in [5.74, 6) is 1.25. The molecule has 110 valence electrons. The van der Waals surface area contributed by atoms with Gasteiger partial charge in [-0.3, -0.25) is 0 Å². The van der Waals surface area contributed by atoms with Crippen molar-refractivity contribution in [1.82, 2.24) is 5.32 Å². The van der Waals surface area contributed by atoms with Crippen LogP contribution < -0.4 is 20.1 Å². The minimum atomic E-state index is -0.268. The molecule has 6 nitrogen and oxygen atoms in total. The monoisotopic (exact) mass is 280 g/mol. The second-order valence-corrected chi connectivity index (χ2v) is 4.57. The average molecular weight is 280 g/mol. The molecule has 2 rings (SSSR count). The van der Waals surface area contributed by atoms with Crippen LogP contribution >= 0.6 is 0 Å². The summed E-state index contributed by atoms with van der Waals surface area (Å²) in [7, 11) is 3.13. The topological polar surface area (TPSA) is 68.8 Å². The molecule has 0 saturated carbocycles. The number of carbonyl (C=O) groups excluding carboxylic acids is 1. The van der Waals surface area contributed by atoms with E-state index in [1.165, 1.54) is 0 Å². The number of amides is 2. The first-order valence-electron chi connectivity index (χ1n) is 6.61. The van der Waals surface area contributed by atoms with Crippen molar-refractivity contribution in [3.8, 4) is 11.5 Å². The maximum Gasteiger partial charge on any atom is 0.319 e. The molecule has 0 radical (unpaired) electrons. The second kappa shape index (κ2) is 7.00. The molecular formula is C14H20N2O4. The van der Waals surface area contributed by atoms with Gasteiger partial charge in [0.2, 0.25) is 0 Å². The lowest BCUT2D eigenvalue weighted by Gasteiger charge is -2.13. The number of nitrogens with one attached hydrogen (secondary N) is 2. The highest BCUT2D eigenvalue weighted by atomic mass is 16.5. The van der Waals surface area contributed by atoms with E-state index >= 15 is 0 Å². The van der Waals surface area contributed by atoms with Crippen LogP contribution in [0.25, 0.3) is 0 Å². The fourth-order valence-electron chi connectivity index (χ4n) is 2.07. The third kappa shape index (κ3) is 4.03. The van der Waals surface area contributed by atoms with Crippen molar-refractivity contribution in [2.45, 2.75) is 18.9 Å². The number of rotatable bonds is 5. The van der Waals surface area contributed by atoms with Crippen molar-refractivity contribution < 1.29 is 19.0 Å². The van der Waals surface area contributed by atoms with Gasteiger partial charge in [-0.2, -0.15) is 0 Å². The van der Waals surface area contributed by atoms with Gasteiger partial charge < -0.3 is 24.8 Å². The van der Waals surface area contributed by atoms with Crippen LogP contribution in [0.15, 0.2) is 18.2 Å². The van der Waals surface area contributed by atoms with Gasteiger partial charge in [-0.1, -0.05) is 0 Å². The van der Waals surface area contributed by atoms with E-state index in [1.807, 2.05) is 0 Å². The number of urea groups is 1. The van der Waals surface area contributed by atoms with Crippen molar-refractivity contribution in [3.63, 3.8) is 0 Å². The largest absolute Gasteiger partial charge is 0.497 e. The summed E-state index contributed by atoms with van der Waals surface area (Å²) in [6.45, 7) is 1.30. The number of hydrogen-bond acceptors (Lipinski definition) is 4. The average Bonchev–Trinajstić information content (AvgIpc) is 2.98. The lowest BCUT2D eigenvalue weighted by Crippen LogP contribution is -2.35. The Hall–Kier alpha value is -1.95. The Labute approximate surface area is 118 Å². The maximum atomic E-state index is 11.8. The third-order valence-corrected chi connectivity index (χ3v) is 3.12. The van der Waals surface area contributed by atoms with Crippen molar-refractivity contribution in [1.29, 1.82) is 0 Å². The summed E-state index contributed by atoms with van der Waals surface area (Å²) in [5, 5.41) is 5.54. The summed E-state index contributed by atoms with van der Waals surface area (Å²) >= 11 is 0. The molecule has 1 aromatic carbocycles. The van der Waals surface area contributed by atoms with Gasteiger partial charge >= 0.3 is 6.03 Å². The zero-order chi connectivity index (χ0) is 14.4. The first-order valence-corrected chi connectivity index (χ1v) is 6.61. The van der Waals surface area contributed by atoms with E-state index < -0.39 is 0 Å². The highest BCUT2D eigenvalue weighted by Gasteiger charge is 2.16. The molecular weight excluding hydrogens is 260 g/mol. The van der Waals surface area contributed by atoms with Gasteiger partial charge in [0.1, 0.15) is 11.5 Å². The van der Waals surface area contributed by atoms with Crippen molar-refractivity contribution in [3.05, 3.63) is 18.2 Å². The number of anilines is 1. The number of benzene rings is 1. The van der Waals surface area contributed by atoms with E-state index in [2.05, 4.69) is 10.6 Å². The smallest absolute Gasteiger partial charge is 0.319 e. The Bertz CT molecular complexity index is 436. The summed E-state index contributed by atoms with van der Waals surface area (Å²) in [6, 6.07) is 4.94. The fourth-order valence-corrected chi connectivity index (χ4v) is 2.07. The predicted octanol–water partition coefficient (Wildman–Crippen LogP) is 2.00. The third-order valence-electron chi connectivity index (χ3n) is 3.12. The first-order chi connectivity index (χ1) is 9.71. The standard InChI is InChI=1S/C14H20N2O4/c1-18-12-6-10(7-13(8-12)19-2)16-14(17)15-9-11-4-3-5-20-11/h6-8,11H,3-5,9H2,1-2H3,(H2,15,16,17). The predicted molar refractivity (Wildman–Crippen MR) is 75.5 cm³/mol. The van der Waals surface area contributed by atoms with Crippen LogP contribution in [0.2, 0.25) is 0 Å². The quantitative estimate of drug-likeness (QED) is 0.865. The molecule has 1 saturated heterocycles. The Kier molecular flexibility index (Phi) is 5.06. The zero-order valence-electron chi connectivity index (χ0n) is 11.8. The number of methoxy groups -OCH3 is 2. The molecule has 20 heavy (non-hydrogen) atoms. The van der Waals surface area contributed by atoms with Gasteiger partial charge in [0.25, 0.3) is 0 Å². The normalized spacial score (nSPS) is 17.6. The van der Waals surface area contributed by atoms with Gasteiger partial charge in [0.05, 0.1) is 20.3 Å². The molecule has 1 heterocycles. The SMILES string of the molecule is COc1cc(NC(=O)NCC2CCCO2)cc(OC)c1. The van der Waals surface area contributed by atoms with Crippen LogP contribution in [-0.4, -0.2) is 39.5 Å². The number of hydrogen-bond donors (Lipinski definition) is 2. The first kappa shape index (κ1) is 14.5. The second-order valence-electron chi connectivity index (χ2n) is 4.57. The van der Waals surface area contributed by atoms with Gasteiger partial charge in [-0.25, -0.2) is 4.79 Å². The van der Waals surface area contributed by atoms with E-state index in [4.69, 9.17) is 14.2 Å². The van der Waals surface area contributed by atoms with Crippen molar-refractivity contribution >= 4 is 11.7 Å². The maximum absolute atomic E-state index is 11.8. The van der Waals surface area contributed by atoms with E-state index in [0.717, 1.165) is 19.4 Å². The molecule has 6 heteroatoms. The molecule has 2 N–H and O–H groups in total. The summed E-state index contributed by atoms with van der Waals surface area (Å²) in [6.07, 6.45) is 2.18. The van der Waals surface area contributed by atoms with Crippen LogP contribution in [0.4, 0.5) is 10.5 Å². The molecule has 0 spiro atoms. The molecule has 1 aliphatic heterocycles. The van der Waals surface area contributed by atoms with Crippen molar-refractivity contribution in [2.75, 3.05) is 32.7 Å². The molecule has 1 atom stereocenters.